The summed E-state index contributed by atoms with van der Waals surface area (Å²) in [6.45, 7) is 5.89. The molecule has 1 saturated heterocycles. The normalized spacial score (nSPS) is 16.3. The molecule has 0 aromatic carbocycles. The van der Waals surface area contributed by atoms with Crippen molar-refractivity contribution in [1.82, 2.24) is 15.2 Å². The molecule has 1 N–H and O–H groups in total. The Hall–Kier alpha value is -1.30. The van der Waals surface area contributed by atoms with Gasteiger partial charge in [-0.3, -0.25) is 0 Å². The molecular formula is C10H16N4OS. The summed E-state index contributed by atoms with van der Waals surface area (Å²) in [5, 5.41) is 5.85. The summed E-state index contributed by atoms with van der Waals surface area (Å²) < 4.78 is 0. The number of thiazole rings is 1. The zero-order valence-corrected chi connectivity index (χ0v) is 10.2. The number of piperazine rings is 1. The van der Waals surface area contributed by atoms with Crippen molar-refractivity contribution in [3.8, 4) is 0 Å². The first-order valence-electron chi connectivity index (χ1n) is 5.48. The number of nitrogens with zero attached hydrogens (tertiary/aromatic N) is 3. The SMILES string of the molecule is CCNC(=O)N1CCN(c2nccs2)CC1. The second-order valence-electron chi connectivity index (χ2n) is 3.62. The van der Waals surface area contributed by atoms with Crippen LogP contribution in [0.15, 0.2) is 11.6 Å². The maximum absolute atomic E-state index is 11.6. The van der Waals surface area contributed by atoms with Crippen LogP contribution in [0, 0.1) is 0 Å². The van der Waals surface area contributed by atoms with Crippen molar-refractivity contribution < 1.29 is 4.79 Å². The number of urea groups is 1. The van der Waals surface area contributed by atoms with Gasteiger partial charge in [-0.25, -0.2) is 9.78 Å². The molecule has 0 bridgehead atoms. The molecule has 0 radical (unpaired) electrons. The van der Waals surface area contributed by atoms with Crippen LogP contribution in [0.25, 0.3) is 0 Å². The van der Waals surface area contributed by atoms with Crippen LogP contribution >= 0.6 is 11.3 Å². The van der Waals surface area contributed by atoms with E-state index in [1.807, 2.05) is 23.4 Å². The maximum Gasteiger partial charge on any atom is 0.317 e. The molecule has 16 heavy (non-hydrogen) atoms. The number of anilines is 1. The predicted molar refractivity (Wildman–Crippen MR) is 65.0 cm³/mol. The zero-order chi connectivity index (χ0) is 11.4. The van der Waals surface area contributed by atoms with E-state index in [1.165, 1.54) is 0 Å². The molecule has 2 amide bonds. The van der Waals surface area contributed by atoms with E-state index in [2.05, 4.69) is 15.2 Å². The van der Waals surface area contributed by atoms with Crippen molar-refractivity contribution in [2.45, 2.75) is 6.92 Å². The van der Waals surface area contributed by atoms with E-state index in [0.717, 1.165) is 31.3 Å². The lowest BCUT2D eigenvalue weighted by molar-refractivity contribution is 0.195. The summed E-state index contributed by atoms with van der Waals surface area (Å²) in [5.74, 6) is 0. The number of rotatable bonds is 2. The smallest absolute Gasteiger partial charge is 0.317 e. The minimum absolute atomic E-state index is 0.0429. The van der Waals surface area contributed by atoms with Crippen LogP contribution in [0.4, 0.5) is 9.93 Å². The van der Waals surface area contributed by atoms with Gasteiger partial charge < -0.3 is 15.1 Å². The minimum atomic E-state index is 0.0429. The second kappa shape index (κ2) is 5.16. The Labute approximate surface area is 99.1 Å². The molecule has 1 fully saturated rings. The van der Waals surface area contributed by atoms with Crippen molar-refractivity contribution >= 4 is 22.5 Å². The number of nitrogens with one attached hydrogen (secondary N) is 1. The molecule has 88 valence electrons. The molecule has 0 unspecified atom stereocenters. The highest BCUT2D eigenvalue weighted by molar-refractivity contribution is 7.13. The number of carbonyl (C=O) groups excluding carboxylic acids is 1. The Balaban J connectivity index is 1.85. The van der Waals surface area contributed by atoms with E-state index >= 15 is 0 Å². The largest absolute Gasteiger partial charge is 0.345 e. The van der Waals surface area contributed by atoms with E-state index in [0.29, 0.717) is 6.54 Å². The molecule has 1 aliphatic heterocycles. The van der Waals surface area contributed by atoms with Crippen molar-refractivity contribution in [2.75, 3.05) is 37.6 Å². The Morgan fingerprint density at radius 3 is 2.81 bits per heavy atom. The van der Waals surface area contributed by atoms with Gasteiger partial charge in [-0.15, -0.1) is 11.3 Å². The number of hydrogen-bond donors (Lipinski definition) is 1. The maximum atomic E-state index is 11.6. The Morgan fingerprint density at radius 1 is 1.50 bits per heavy atom. The quantitative estimate of drug-likeness (QED) is 0.839. The molecule has 0 saturated carbocycles. The van der Waals surface area contributed by atoms with Crippen LogP contribution in [0.2, 0.25) is 0 Å². The fourth-order valence-corrected chi connectivity index (χ4v) is 2.43. The fourth-order valence-electron chi connectivity index (χ4n) is 1.74. The molecule has 1 aromatic rings. The lowest BCUT2D eigenvalue weighted by Gasteiger charge is -2.34. The third-order valence-electron chi connectivity index (χ3n) is 2.58. The number of hydrogen-bond acceptors (Lipinski definition) is 4. The van der Waals surface area contributed by atoms with E-state index in [-0.39, 0.29) is 6.03 Å². The number of amides is 2. The zero-order valence-electron chi connectivity index (χ0n) is 9.35. The highest BCUT2D eigenvalue weighted by Gasteiger charge is 2.21. The summed E-state index contributed by atoms with van der Waals surface area (Å²) in [6.07, 6.45) is 1.82. The molecule has 0 spiro atoms. The van der Waals surface area contributed by atoms with Gasteiger partial charge in [0.15, 0.2) is 5.13 Å². The first-order chi connectivity index (χ1) is 7.81. The van der Waals surface area contributed by atoms with Crippen LogP contribution in [0.5, 0.6) is 0 Å². The molecule has 6 heteroatoms. The van der Waals surface area contributed by atoms with E-state index in [1.54, 1.807) is 11.3 Å². The first-order valence-corrected chi connectivity index (χ1v) is 6.36. The van der Waals surface area contributed by atoms with Gasteiger partial charge in [-0.1, -0.05) is 0 Å². The molecule has 1 aliphatic rings. The minimum Gasteiger partial charge on any atom is -0.345 e. The average molecular weight is 240 g/mol. The molecule has 2 heterocycles. The second-order valence-corrected chi connectivity index (χ2v) is 4.50. The number of carbonyl (C=O) groups is 1. The standard InChI is InChI=1S/C10H16N4OS/c1-2-11-9(15)13-4-6-14(7-5-13)10-12-3-8-16-10/h3,8H,2,4-7H2,1H3,(H,11,15). The molecule has 2 rings (SSSR count). The van der Waals surface area contributed by atoms with Gasteiger partial charge in [0.2, 0.25) is 0 Å². The third-order valence-corrected chi connectivity index (χ3v) is 3.42. The summed E-state index contributed by atoms with van der Waals surface area (Å²) in [5.41, 5.74) is 0. The lowest BCUT2D eigenvalue weighted by Crippen LogP contribution is -2.51. The van der Waals surface area contributed by atoms with Gasteiger partial charge in [-0.05, 0) is 6.92 Å². The Bertz CT molecular complexity index is 333. The van der Waals surface area contributed by atoms with Crippen LogP contribution in [-0.2, 0) is 0 Å². The molecule has 0 aliphatic carbocycles. The van der Waals surface area contributed by atoms with Crippen LogP contribution in [-0.4, -0.2) is 48.6 Å². The first kappa shape index (κ1) is 11.2. The van der Waals surface area contributed by atoms with Gasteiger partial charge in [0.1, 0.15) is 0 Å². The lowest BCUT2D eigenvalue weighted by atomic mass is 10.3. The highest BCUT2D eigenvalue weighted by Crippen LogP contribution is 2.18. The highest BCUT2D eigenvalue weighted by atomic mass is 32.1. The van der Waals surface area contributed by atoms with Crippen LogP contribution in [0.3, 0.4) is 0 Å². The molecule has 0 atom stereocenters. The Morgan fingerprint density at radius 2 is 2.25 bits per heavy atom. The molecular weight excluding hydrogens is 224 g/mol. The van der Waals surface area contributed by atoms with Gasteiger partial charge in [0.25, 0.3) is 0 Å². The summed E-state index contributed by atoms with van der Waals surface area (Å²) >= 11 is 1.65. The van der Waals surface area contributed by atoms with Gasteiger partial charge in [-0.2, -0.15) is 0 Å². The summed E-state index contributed by atoms with van der Waals surface area (Å²) in [7, 11) is 0. The topological polar surface area (TPSA) is 48.5 Å². The monoisotopic (exact) mass is 240 g/mol. The molecule has 5 nitrogen and oxygen atoms in total. The Kier molecular flexibility index (Phi) is 3.61. The van der Waals surface area contributed by atoms with E-state index in [9.17, 15) is 4.79 Å². The fraction of sp³-hybridized carbons (Fsp3) is 0.600. The van der Waals surface area contributed by atoms with Crippen molar-refractivity contribution in [2.24, 2.45) is 0 Å². The van der Waals surface area contributed by atoms with Gasteiger partial charge in [0.05, 0.1) is 0 Å². The van der Waals surface area contributed by atoms with Gasteiger partial charge >= 0.3 is 6.03 Å². The van der Waals surface area contributed by atoms with Crippen molar-refractivity contribution in [3.05, 3.63) is 11.6 Å². The summed E-state index contributed by atoms with van der Waals surface area (Å²) in [6, 6.07) is 0.0429. The van der Waals surface area contributed by atoms with Crippen LogP contribution in [0.1, 0.15) is 6.92 Å². The third kappa shape index (κ3) is 2.44. The average Bonchev–Trinajstić information content (AvgIpc) is 2.83. The van der Waals surface area contributed by atoms with Crippen molar-refractivity contribution in [3.63, 3.8) is 0 Å². The van der Waals surface area contributed by atoms with Crippen LogP contribution < -0.4 is 10.2 Å². The van der Waals surface area contributed by atoms with Gasteiger partial charge in [0, 0.05) is 44.3 Å². The number of aromatic nitrogens is 1. The molecule has 1 aromatic heterocycles. The van der Waals surface area contributed by atoms with Crippen molar-refractivity contribution in [1.29, 1.82) is 0 Å². The predicted octanol–water partition coefficient (Wildman–Crippen LogP) is 0.995. The summed E-state index contributed by atoms with van der Waals surface area (Å²) in [4.78, 5) is 19.9. The van der Waals surface area contributed by atoms with E-state index < -0.39 is 0 Å². The van der Waals surface area contributed by atoms with E-state index in [4.69, 9.17) is 0 Å².